The maximum Gasteiger partial charge on any atom is 0.259 e. The van der Waals surface area contributed by atoms with Crippen molar-refractivity contribution in [3.63, 3.8) is 0 Å². The summed E-state index contributed by atoms with van der Waals surface area (Å²) >= 11 is 1.57. The van der Waals surface area contributed by atoms with E-state index in [1.165, 1.54) is 11.3 Å². The van der Waals surface area contributed by atoms with E-state index in [1.54, 1.807) is 15.9 Å². The third kappa shape index (κ3) is 2.62. The second-order valence-corrected chi connectivity index (χ2v) is 6.60. The van der Waals surface area contributed by atoms with Crippen molar-refractivity contribution in [1.29, 1.82) is 0 Å². The summed E-state index contributed by atoms with van der Waals surface area (Å²) in [4.78, 5) is 17.1. The number of aromatic nitrogens is 2. The number of fused-ring (bicyclic) bond motifs is 1. The van der Waals surface area contributed by atoms with Crippen molar-refractivity contribution in [1.82, 2.24) is 9.55 Å². The van der Waals surface area contributed by atoms with E-state index in [0.29, 0.717) is 6.04 Å². The van der Waals surface area contributed by atoms with Gasteiger partial charge in [0, 0.05) is 24.2 Å². The van der Waals surface area contributed by atoms with E-state index in [4.69, 9.17) is 0 Å². The normalized spacial score (nSPS) is 15.0. The van der Waals surface area contributed by atoms with Crippen LogP contribution in [0.4, 0.5) is 5.13 Å². The first kappa shape index (κ1) is 14.3. The molecule has 2 aromatic rings. The van der Waals surface area contributed by atoms with Crippen LogP contribution in [0.5, 0.6) is 0 Å². The smallest absolute Gasteiger partial charge is 0.259 e. The first-order valence-electron chi connectivity index (χ1n) is 7.54. The van der Waals surface area contributed by atoms with Crippen LogP contribution >= 0.6 is 11.3 Å². The number of hydrogen-bond acceptors (Lipinski definition) is 4. The second-order valence-electron chi connectivity index (χ2n) is 5.74. The number of nitrogens with zero attached hydrogens (tertiary/aromatic N) is 2. The van der Waals surface area contributed by atoms with Crippen LogP contribution in [0.3, 0.4) is 0 Å². The summed E-state index contributed by atoms with van der Waals surface area (Å²) in [7, 11) is 1.88. The summed E-state index contributed by atoms with van der Waals surface area (Å²) in [5, 5.41) is 6.23. The molecule has 0 bridgehead atoms. The Morgan fingerprint density at radius 3 is 3.05 bits per heavy atom. The fourth-order valence-electron chi connectivity index (χ4n) is 2.79. The molecule has 1 N–H and O–H groups in total. The van der Waals surface area contributed by atoms with Crippen LogP contribution in [0.1, 0.15) is 37.9 Å². The summed E-state index contributed by atoms with van der Waals surface area (Å²) in [6, 6.07) is 2.44. The molecule has 0 aromatic carbocycles. The Labute approximate surface area is 128 Å². The minimum absolute atomic E-state index is 0.0658. The van der Waals surface area contributed by atoms with E-state index in [0.717, 1.165) is 42.1 Å². The predicted molar refractivity (Wildman–Crippen MR) is 88.2 cm³/mol. The molecule has 3 rings (SSSR count). The lowest BCUT2D eigenvalue weighted by molar-refractivity contribution is 0.762. The molecule has 1 atom stereocenters. The molecule has 21 heavy (non-hydrogen) atoms. The molecule has 0 amide bonds. The molecule has 0 saturated heterocycles. The SMILES string of the molecule is CCC(C)Nc1nc(-c2cc3c(n(C)c2=O)CCC3)cs1. The highest BCUT2D eigenvalue weighted by Gasteiger charge is 2.19. The molecule has 0 aliphatic heterocycles. The summed E-state index contributed by atoms with van der Waals surface area (Å²) in [6.45, 7) is 4.28. The molecule has 5 heteroatoms. The molecule has 0 saturated carbocycles. The number of rotatable bonds is 4. The van der Waals surface area contributed by atoms with Gasteiger partial charge in [-0.15, -0.1) is 11.3 Å². The summed E-state index contributed by atoms with van der Waals surface area (Å²) < 4.78 is 1.80. The third-order valence-electron chi connectivity index (χ3n) is 4.25. The van der Waals surface area contributed by atoms with E-state index in [1.807, 2.05) is 18.5 Å². The Bertz CT molecular complexity index is 717. The fraction of sp³-hybridized carbons (Fsp3) is 0.500. The average molecular weight is 303 g/mol. The van der Waals surface area contributed by atoms with Gasteiger partial charge in [0.05, 0.1) is 11.3 Å². The molecular weight excluding hydrogens is 282 g/mol. The first-order chi connectivity index (χ1) is 10.1. The highest BCUT2D eigenvalue weighted by molar-refractivity contribution is 7.14. The third-order valence-corrected chi connectivity index (χ3v) is 5.02. The van der Waals surface area contributed by atoms with E-state index in [-0.39, 0.29) is 5.56 Å². The number of hydrogen-bond donors (Lipinski definition) is 1. The molecule has 1 unspecified atom stereocenters. The standard InChI is InChI=1S/C16H21N3OS/c1-4-10(2)17-16-18-13(9-21-16)12-8-11-6-5-7-14(11)19(3)15(12)20/h8-10H,4-7H2,1-3H3,(H,17,18). The number of pyridine rings is 1. The van der Waals surface area contributed by atoms with Gasteiger partial charge in [0.1, 0.15) is 0 Å². The summed E-state index contributed by atoms with van der Waals surface area (Å²) in [5.74, 6) is 0. The quantitative estimate of drug-likeness (QED) is 0.943. The van der Waals surface area contributed by atoms with Gasteiger partial charge in [-0.2, -0.15) is 0 Å². The molecular formula is C16H21N3OS. The molecule has 2 aromatic heterocycles. The van der Waals surface area contributed by atoms with Crippen molar-refractivity contribution < 1.29 is 0 Å². The number of thiazole rings is 1. The average Bonchev–Trinajstić information content (AvgIpc) is 3.11. The largest absolute Gasteiger partial charge is 0.359 e. The van der Waals surface area contributed by atoms with E-state index >= 15 is 0 Å². The monoisotopic (exact) mass is 303 g/mol. The van der Waals surface area contributed by atoms with Crippen molar-refractivity contribution in [2.45, 2.75) is 45.6 Å². The number of nitrogens with one attached hydrogen (secondary N) is 1. The lowest BCUT2D eigenvalue weighted by Gasteiger charge is -2.10. The Balaban J connectivity index is 1.98. The summed E-state index contributed by atoms with van der Waals surface area (Å²) in [6.07, 6.45) is 4.28. The van der Waals surface area contributed by atoms with E-state index in [9.17, 15) is 4.79 Å². The lowest BCUT2D eigenvalue weighted by atomic mass is 10.1. The number of aryl methyl sites for hydroxylation is 1. The minimum atomic E-state index is 0.0658. The van der Waals surface area contributed by atoms with Crippen LogP contribution in [-0.2, 0) is 19.9 Å². The highest BCUT2D eigenvalue weighted by Crippen LogP contribution is 2.27. The Morgan fingerprint density at radius 1 is 1.48 bits per heavy atom. The van der Waals surface area contributed by atoms with Crippen LogP contribution in [0, 0.1) is 0 Å². The molecule has 4 nitrogen and oxygen atoms in total. The van der Waals surface area contributed by atoms with Gasteiger partial charge in [0.2, 0.25) is 0 Å². The van der Waals surface area contributed by atoms with Crippen LogP contribution in [0.2, 0.25) is 0 Å². The van der Waals surface area contributed by atoms with Crippen LogP contribution in [-0.4, -0.2) is 15.6 Å². The minimum Gasteiger partial charge on any atom is -0.359 e. The van der Waals surface area contributed by atoms with Crippen molar-refractivity contribution in [2.75, 3.05) is 5.32 Å². The maximum atomic E-state index is 12.5. The molecule has 2 heterocycles. The Kier molecular flexibility index (Phi) is 3.85. The molecule has 0 spiro atoms. The second kappa shape index (κ2) is 5.64. The van der Waals surface area contributed by atoms with Gasteiger partial charge in [0.25, 0.3) is 5.56 Å². The predicted octanol–water partition coefficient (Wildman–Crippen LogP) is 3.21. The van der Waals surface area contributed by atoms with E-state index in [2.05, 4.69) is 24.1 Å². The van der Waals surface area contributed by atoms with Crippen LogP contribution in [0.15, 0.2) is 16.2 Å². The van der Waals surface area contributed by atoms with Gasteiger partial charge in [0.15, 0.2) is 5.13 Å². The van der Waals surface area contributed by atoms with Gasteiger partial charge in [-0.25, -0.2) is 4.98 Å². The summed E-state index contributed by atoms with van der Waals surface area (Å²) in [5.41, 5.74) is 4.08. The zero-order valence-electron chi connectivity index (χ0n) is 12.8. The number of anilines is 1. The Hall–Kier alpha value is -1.62. The van der Waals surface area contributed by atoms with Crippen molar-refractivity contribution in [3.05, 3.63) is 33.1 Å². The van der Waals surface area contributed by atoms with E-state index < -0.39 is 0 Å². The molecule has 0 radical (unpaired) electrons. The van der Waals surface area contributed by atoms with Crippen LogP contribution < -0.4 is 10.9 Å². The molecule has 1 aliphatic carbocycles. The van der Waals surface area contributed by atoms with Crippen LogP contribution in [0.25, 0.3) is 11.3 Å². The highest BCUT2D eigenvalue weighted by atomic mass is 32.1. The van der Waals surface area contributed by atoms with Gasteiger partial charge in [-0.3, -0.25) is 4.79 Å². The topological polar surface area (TPSA) is 46.9 Å². The van der Waals surface area contributed by atoms with Gasteiger partial charge < -0.3 is 9.88 Å². The molecule has 0 fully saturated rings. The van der Waals surface area contributed by atoms with Crippen molar-refractivity contribution in [3.8, 4) is 11.3 Å². The van der Waals surface area contributed by atoms with Gasteiger partial charge in [-0.05, 0) is 44.2 Å². The zero-order valence-corrected chi connectivity index (χ0v) is 13.6. The lowest BCUT2D eigenvalue weighted by Crippen LogP contribution is -2.22. The molecule has 1 aliphatic rings. The van der Waals surface area contributed by atoms with Gasteiger partial charge in [-0.1, -0.05) is 6.92 Å². The molecule has 112 valence electrons. The van der Waals surface area contributed by atoms with Gasteiger partial charge >= 0.3 is 0 Å². The Morgan fingerprint density at radius 2 is 2.29 bits per heavy atom. The van der Waals surface area contributed by atoms with Crippen molar-refractivity contribution >= 4 is 16.5 Å². The maximum absolute atomic E-state index is 12.5. The van der Waals surface area contributed by atoms with Crippen molar-refractivity contribution in [2.24, 2.45) is 7.05 Å². The zero-order chi connectivity index (χ0) is 15.0. The fourth-order valence-corrected chi connectivity index (χ4v) is 3.61. The first-order valence-corrected chi connectivity index (χ1v) is 8.42.